The van der Waals surface area contributed by atoms with E-state index in [0.29, 0.717) is 0 Å². The first-order chi connectivity index (χ1) is 14.1. The number of aromatic nitrogens is 2. The van der Waals surface area contributed by atoms with E-state index in [1.54, 1.807) is 0 Å². The summed E-state index contributed by atoms with van der Waals surface area (Å²) in [6.45, 7) is 3.44. The Labute approximate surface area is 171 Å². The van der Waals surface area contributed by atoms with Gasteiger partial charge in [-0.05, 0) is 56.6 Å². The molecule has 29 heavy (non-hydrogen) atoms. The third kappa shape index (κ3) is 3.39. The van der Waals surface area contributed by atoms with Crippen LogP contribution >= 0.6 is 0 Å². The molecule has 152 valence electrons. The molecule has 1 aromatic heterocycles. The summed E-state index contributed by atoms with van der Waals surface area (Å²) in [5.74, 6) is 0.790. The van der Waals surface area contributed by atoms with Crippen molar-refractivity contribution in [2.45, 2.75) is 57.5 Å². The highest BCUT2D eigenvalue weighted by molar-refractivity contribution is 5.75. The van der Waals surface area contributed by atoms with Crippen molar-refractivity contribution in [1.82, 2.24) is 20.6 Å². The molecule has 3 aliphatic rings. The van der Waals surface area contributed by atoms with E-state index < -0.39 is 0 Å². The van der Waals surface area contributed by atoms with Crippen LogP contribution in [0.25, 0.3) is 0 Å². The van der Waals surface area contributed by atoms with Crippen molar-refractivity contribution >= 4 is 6.03 Å². The Morgan fingerprint density at radius 1 is 1.17 bits per heavy atom. The van der Waals surface area contributed by atoms with Crippen molar-refractivity contribution in [3.63, 3.8) is 0 Å². The second-order valence-corrected chi connectivity index (χ2v) is 8.67. The van der Waals surface area contributed by atoms with Gasteiger partial charge >= 0.3 is 6.03 Å². The van der Waals surface area contributed by atoms with Gasteiger partial charge in [0.25, 0.3) is 0 Å². The number of hydrogen-bond donors (Lipinski definition) is 2. The molecule has 0 saturated carbocycles. The van der Waals surface area contributed by atoms with E-state index in [9.17, 15) is 4.79 Å². The zero-order chi connectivity index (χ0) is 19.8. The minimum atomic E-state index is -0.101. The maximum absolute atomic E-state index is 13.1. The number of ether oxygens (including phenoxy) is 1. The molecule has 2 atom stereocenters. The molecule has 2 unspecified atom stereocenters. The van der Waals surface area contributed by atoms with Gasteiger partial charge in [-0.1, -0.05) is 24.3 Å². The summed E-state index contributed by atoms with van der Waals surface area (Å²) in [7, 11) is 0. The molecule has 1 saturated heterocycles. The fourth-order valence-corrected chi connectivity index (χ4v) is 5.39. The molecule has 1 aromatic carbocycles. The van der Waals surface area contributed by atoms with Gasteiger partial charge in [-0.2, -0.15) is 0 Å². The Morgan fingerprint density at radius 3 is 2.86 bits per heavy atom. The molecule has 2 aliphatic carbocycles. The average Bonchev–Trinajstić information content (AvgIpc) is 3.01. The zero-order valence-corrected chi connectivity index (χ0v) is 16.9. The van der Waals surface area contributed by atoms with Crippen LogP contribution in [0.15, 0.2) is 30.5 Å². The SMILES string of the molecule is Cc1ncc2c(n1)CCCC2NC(=O)NC1c2ccccc2CC12CCOCC2. The third-order valence-electron chi connectivity index (χ3n) is 6.89. The van der Waals surface area contributed by atoms with Crippen molar-refractivity contribution < 1.29 is 9.53 Å². The second-order valence-electron chi connectivity index (χ2n) is 8.67. The number of aryl methyl sites for hydroxylation is 2. The molecule has 1 spiro atoms. The van der Waals surface area contributed by atoms with E-state index >= 15 is 0 Å². The maximum Gasteiger partial charge on any atom is 0.315 e. The number of nitrogens with one attached hydrogen (secondary N) is 2. The van der Waals surface area contributed by atoms with Gasteiger partial charge in [-0.3, -0.25) is 0 Å². The van der Waals surface area contributed by atoms with Crippen LogP contribution in [0.4, 0.5) is 4.79 Å². The van der Waals surface area contributed by atoms with E-state index in [-0.39, 0.29) is 23.5 Å². The Bertz CT molecular complexity index is 923. The highest BCUT2D eigenvalue weighted by Crippen LogP contribution is 2.51. The van der Waals surface area contributed by atoms with Gasteiger partial charge in [-0.25, -0.2) is 14.8 Å². The molecule has 0 radical (unpaired) electrons. The summed E-state index contributed by atoms with van der Waals surface area (Å²) < 4.78 is 5.64. The lowest BCUT2D eigenvalue weighted by molar-refractivity contribution is 0.00207. The van der Waals surface area contributed by atoms with Gasteiger partial charge in [0.05, 0.1) is 12.1 Å². The Balaban J connectivity index is 1.36. The first-order valence-corrected chi connectivity index (χ1v) is 10.7. The minimum absolute atomic E-state index is 0.0263. The van der Waals surface area contributed by atoms with Gasteiger partial charge in [-0.15, -0.1) is 0 Å². The van der Waals surface area contributed by atoms with Crippen LogP contribution in [0.2, 0.25) is 0 Å². The number of nitrogens with zero attached hydrogens (tertiary/aromatic N) is 2. The van der Waals surface area contributed by atoms with Crippen LogP contribution < -0.4 is 10.6 Å². The second kappa shape index (κ2) is 7.41. The predicted molar refractivity (Wildman–Crippen MR) is 109 cm³/mol. The summed E-state index contributed by atoms with van der Waals surface area (Å²) in [5, 5.41) is 6.55. The number of benzene rings is 1. The summed E-state index contributed by atoms with van der Waals surface area (Å²) in [4.78, 5) is 22.0. The van der Waals surface area contributed by atoms with Gasteiger partial charge < -0.3 is 15.4 Å². The minimum Gasteiger partial charge on any atom is -0.381 e. The number of carbonyl (C=O) groups excluding carboxylic acids is 1. The quantitative estimate of drug-likeness (QED) is 0.819. The molecule has 2 aromatic rings. The van der Waals surface area contributed by atoms with Crippen molar-refractivity contribution in [2.75, 3.05) is 13.2 Å². The standard InChI is InChI=1S/C23H28N4O2/c1-15-24-14-18-19(25-15)7-4-8-20(18)26-22(28)27-21-17-6-3-2-5-16(17)13-23(21)9-11-29-12-10-23/h2-3,5-6,14,20-21H,4,7-13H2,1H3,(H2,26,27,28). The van der Waals surface area contributed by atoms with Crippen molar-refractivity contribution in [2.24, 2.45) is 5.41 Å². The molecular formula is C23H28N4O2. The Kier molecular flexibility index (Phi) is 4.74. The molecule has 6 heteroatoms. The van der Waals surface area contributed by atoms with Crippen LogP contribution in [0.5, 0.6) is 0 Å². The average molecular weight is 393 g/mol. The molecule has 6 nitrogen and oxygen atoms in total. The number of carbonyl (C=O) groups is 1. The van der Waals surface area contributed by atoms with Gasteiger partial charge in [0.15, 0.2) is 0 Å². The van der Waals surface area contributed by atoms with Crippen LogP contribution in [0.3, 0.4) is 0 Å². The first-order valence-electron chi connectivity index (χ1n) is 10.7. The van der Waals surface area contributed by atoms with E-state index in [2.05, 4.69) is 44.9 Å². The van der Waals surface area contributed by atoms with Crippen molar-refractivity contribution in [3.05, 3.63) is 58.7 Å². The molecule has 2 N–H and O–H groups in total. The fraction of sp³-hybridized carbons (Fsp3) is 0.522. The predicted octanol–water partition coefficient (Wildman–Crippen LogP) is 3.56. The fourth-order valence-electron chi connectivity index (χ4n) is 5.39. The number of amides is 2. The van der Waals surface area contributed by atoms with E-state index in [0.717, 1.165) is 68.8 Å². The normalized spacial score (nSPS) is 24.6. The Hall–Kier alpha value is -2.47. The lowest BCUT2D eigenvalue weighted by Gasteiger charge is -2.39. The largest absolute Gasteiger partial charge is 0.381 e. The molecular weight excluding hydrogens is 364 g/mol. The van der Waals surface area contributed by atoms with Crippen LogP contribution in [0, 0.1) is 12.3 Å². The molecule has 1 fully saturated rings. The monoisotopic (exact) mass is 392 g/mol. The van der Waals surface area contributed by atoms with Crippen molar-refractivity contribution in [3.8, 4) is 0 Å². The van der Waals surface area contributed by atoms with Gasteiger partial charge in [0.1, 0.15) is 5.82 Å². The maximum atomic E-state index is 13.1. The number of hydrogen-bond acceptors (Lipinski definition) is 4. The summed E-state index contributed by atoms with van der Waals surface area (Å²) in [5.41, 5.74) is 4.80. The summed E-state index contributed by atoms with van der Waals surface area (Å²) in [6, 6.07) is 8.42. The van der Waals surface area contributed by atoms with Gasteiger partial charge in [0, 0.05) is 36.1 Å². The summed E-state index contributed by atoms with van der Waals surface area (Å²) in [6.07, 6.45) is 7.76. The Morgan fingerprint density at radius 2 is 2.00 bits per heavy atom. The van der Waals surface area contributed by atoms with E-state index in [4.69, 9.17) is 4.74 Å². The molecule has 1 aliphatic heterocycles. The van der Waals surface area contributed by atoms with Crippen LogP contribution in [-0.2, 0) is 17.6 Å². The van der Waals surface area contributed by atoms with E-state index in [1.807, 2.05) is 13.1 Å². The zero-order valence-electron chi connectivity index (χ0n) is 16.9. The third-order valence-corrected chi connectivity index (χ3v) is 6.89. The van der Waals surface area contributed by atoms with E-state index in [1.165, 1.54) is 11.1 Å². The van der Waals surface area contributed by atoms with Crippen molar-refractivity contribution in [1.29, 1.82) is 0 Å². The van der Waals surface area contributed by atoms with Crippen LogP contribution in [-0.4, -0.2) is 29.2 Å². The molecule has 0 bridgehead atoms. The lowest BCUT2D eigenvalue weighted by atomic mass is 9.74. The number of rotatable bonds is 2. The topological polar surface area (TPSA) is 76.1 Å². The number of urea groups is 1. The first kappa shape index (κ1) is 18.6. The molecule has 2 heterocycles. The van der Waals surface area contributed by atoms with Gasteiger partial charge in [0.2, 0.25) is 0 Å². The number of fused-ring (bicyclic) bond motifs is 2. The smallest absolute Gasteiger partial charge is 0.315 e. The highest BCUT2D eigenvalue weighted by Gasteiger charge is 2.47. The highest BCUT2D eigenvalue weighted by atomic mass is 16.5. The molecule has 2 amide bonds. The summed E-state index contributed by atoms with van der Waals surface area (Å²) >= 11 is 0. The van der Waals surface area contributed by atoms with Crippen LogP contribution in [0.1, 0.15) is 66.0 Å². The molecule has 5 rings (SSSR count). The lowest BCUT2D eigenvalue weighted by Crippen LogP contribution is -2.47.